The topological polar surface area (TPSA) is 95.5 Å². The molecule has 0 saturated carbocycles. The van der Waals surface area contributed by atoms with Crippen molar-refractivity contribution in [1.29, 1.82) is 0 Å². The van der Waals surface area contributed by atoms with Gasteiger partial charge < -0.3 is 15.7 Å². The van der Waals surface area contributed by atoms with E-state index >= 15 is 0 Å². The Morgan fingerprint density at radius 3 is 1.98 bits per heavy atom. The molecule has 0 aliphatic rings. The molecule has 1 amide bonds. The molecule has 0 heterocycles. The second kappa shape index (κ2) is 17.0. The summed E-state index contributed by atoms with van der Waals surface area (Å²) >= 11 is 6.49. The molecule has 222 valence electrons. The Morgan fingerprint density at radius 1 is 0.805 bits per heavy atom. The van der Waals surface area contributed by atoms with E-state index in [0.29, 0.717) is 22.6 Å². The minimum Gasteiger partial charge on any atom is -0.506 e. The van der Waals surface area contributed by atoms with Crippen LogP contribution in [0.25, 0.3) is 0 Å². The molecule has 41 heavy (non-hydrogen) atoms. The Balaban J connectivity index is 1.61. The first-order valence-electron chi connectivity index (χ1n) is 14.7. The molecule has 8 heteroatoms. The lowest BCUT2D eigenvalue weighted by Crippen LogP contribution is -2.29. The Morgan fingerprint density at radius 2 is 1.37 bits per heavy atom. The molecule has 0 spiro atoms. The molecule has 3 N–H and O–H groups in total. The van der Waals surface area contributed by atoms with Gasteiger partial charge in [-0.1, -0.05) is 119 Å². The minimum absolute atomic E-state index is 0.142. The summed E-state index contributed by atoms with van der Waals surface area (Å²) in [6.07, 6.45) is 12.3. The zero-order chi connectivity index (χ0) is 29.5. The summed E-state index contributed by atoms with van der Waals surface area (Å²) in [5.74, 6) is -0.540. The predicted molar refractivity (Wildman–Crippen MR) is 170 cm³/mol. The fourth-order valence-electron chi connectivity index (χ4n) is 4.83. The SMILES string of the molecule is CCCCCCCCCCCCC(CNc1cc(O)c(NC(=O)c2ccccc2)cc1Cl)S(=O)(=O)c1ccccc1. The highest BCUT2D eigenvalue weighted by Crippen LogP contribution is 2.34. The zero-order valence-corrected chi connectivity index (χ0v) is 25.5. The molecule has 0 aliphatic carbocycles. The quantitative estimate of drug-likeness (QED) is 0.100. The van der Waals surface area contributed by atoms with E-state index < -0.39 is 15.1 Å². The molecule has 6 nitrogen and oxygen atoms in total. The number of hydrogen-bond acceptors (Lipinski definition) is 5. The Bertz CT molecular complexity index is 1320. The van der Waals surface area contributed by atoms with E-state index in [2.05, 4.69) is 17.6 Å². The van der Waals surface area contributed by atoms with E-state index in [9.17, 15) is 18.3 Å². The van der Waals surface area contributed by atoms with Gasteiger partial charge in [0, 0.05) is 18.2 Å². The Hall–Kier alpha value is -3.03. The van der Waals surface area contributed by atoms with Gasteiger partial charge in [0.15, 0.2) is 9.84 Å². The number of phenolic OH excluding ortho intramolecular Hbond substituents is 1. The normalized spacial score (nSPS) is 12.1. The molecular weight excluding hydrogens is 556 g/mol. The lowest BCUT2D eigenvalue weighted by Gasteiger charge is -2.20. The van der Waals surface area contributed by atoms with Crippen LogP contribution >= 0.6 is 11.6 Å². The Labute approximate surface area is 250 Å². The van der Waals surface area contributed by atoms with Crippen molar-refractivity contribution in [2.75, 3.05) is 17.2 Å². The second-order valence-corrected chi connectivity index (χ2v) is 13.1. The van der Waals surface area contributed by atoms with Crippen LogP contribution in [0.5, 0.6) is 5.75 Å². The maximum atomic E-state index is 13.5. The number of carbonyl (C=O) groups is 1. The highest BCUT2D eigenvalue weighted by atomic mass is 35.5. The van der Waals surface area contributed by atoms with Gasteiger partial charge in [0.2, 0.25) is 0 Å². The third-order valence-electron chi connectivity index (χ3n) is 7.28. The number of unbranched alkanes of at least 4 members (excludes halogenated alkanes) is 9. The maximum Gasteiger partial charge on any atom is 0.255 e. The maximum absolute atomic E-state index is 13.5. The number of amides is 1. The Kier molecular flexibility index (Phi) is 13.5. The van der Waals surface area contributed by atoms with Crippen LogP contribution in [0.3, 0.4) is 0 Å². The highest BCUT2D eigenvalue weighted by Gasteiger charge is 2.27. The number of phenols is 1. The molecule has 0 aliphatic heterocycles. The van der Waals surface area contributed by atoms with Gasteiger partial charge in [-0.2, -0.15) is 0 Å². The van der Waals surface area contributed by atoms with Crippen molar-refractivity contribution in [3.63, 3.8) is 0 Å². The molecular formula is C33H43ClN2O4S. The number of hydrogen-bond donors (Lipinski definition) is 3. The van der Waals surface area contributed by atoms with Crippen LogP contribution in [0, 0.1) is 0 Å². The van der Waals surface area contributed by atoms with Crippen LogP contribution in [0.1, 0.15) is 87.9 Å². The number of aromatic hydroxyl groups is 1. The molecule has 0 aromatic heterocycles. The van der Waals surface area contributed by atoms with E-state index in [-0.39, 0.29) is 28.9 Å². The number of sulfone groups is 1. The van der Waals surface area contributed by atoms with Crippen molar-refractivity contribution in [3.05, 3.63) is 83.4 Å². The first-order valence-corrected chi connectivity index (χ1v) is 16.7. The van der Waals surface area contributed by atoms with Gasteiger partial charge in [0.05, 0.1) is 26.5 Å². The van der Waals surface area contributed by atoms with E-state index in [1.54, 1.807) is 54.6 Å². The smallest absolute Gasteiger partial charge is 0.255 e. The second-order valence-electron chi connectivity index (χ2n) is 10.5. The fourth-order valence-corrected chi connectivity index (χ4v) is 6.77. The first-order chi connectivity index (χ1) is 19.8. The van der Waals surface area contributed by atoms with Crippen molar-refractivity contribution in [3.8, 4) is 5.75 Å². The van der Waals surface area contributed by atoms with Gasteiger partial charge in [-0.25, -0.2) is 8.42 Å². The molecule has 0 bridgehead atoms. The summed E-state index contributed by atoms with van der Waals surface area (Å²) in [7, 11) is -3.58. The number of benzene rings is 3. The van der Waals surface area contributed by atoms with Crippen LogP contribution < -0.4 is 10.6 Å². The first kappa shape index (κ1) is 32.5. The molecule has 1 unspecified atom stereocenters. The molecule has 3 aromatic rings. The number of anilines is 2. The molecule has 0 radical (unpaired) electrons. The summed E-state index contributed by atoms with van der Waals surface area (Å²) in [6.45, 7) is 2.37. The average molecular weight is 599 g/mol. The van der Waals surface area contributed by atoms with Gasteiger partial charge in [-0.3, -0.25) is 4.79 Å². The predicted octanol–water partition coefficient (Wildman–Crippen LogP) is 8.86. The number of carbonyl (C=O) groups excluding carboxylic acids is 1. The summed E-state index contributed by atoms with van der Waals surface area (Å²) in [5, 5.41) is 16.0. The van der Waals surface area contributed by atoms with Gasteiger partial charge in [0.1, 0.15) is 5.75 Å². The molecule has 3 rings (SSSR count). The van der Waals surface area contributed by atoms with Crippen LogP contribution in [0.4, 0.5) is 11.4 Å². The van der Waals surface area contributed by atoms with E-state index in [0.717, 1.165) is 19.3 Å². The van der Waals surface area contributed by atoms with Crippen LogP contribution in [0.15, 0.2) is 77.7 Å². The summed E-state index contributed by atoms with van der Waals surface area (Å²) in [5.41, 5.74) is 1.03. The standard InChI is InChI=1S/C33H43ClN2O4S/c1-2-3-4-5-6-7-8-9-10-15-22-28(41(39,40)27-20-16-12-17-21-27)25-35-30-24-32(37)31(23-29(30)34)36-33(38)26-18-13-11-14-19-26/h11-14,16-21,23-24,28,35,37H,2-10,15,22,25H2,1H3,(H,36,38). The fraction of sp³-hybridized carbons (Fsp3) is 0.424. The van der Waals surface area contributed by atoms with Gasteiger partial charge in [-0.15, -0.1) is 0 Å². The minimum atomic E-state index is -3.58. The van der Waals surface area contributed by atoms with Crippen molar-refractivity contribution in [2.24, 2.45) is 0 Å². The van der Waals surface area contributed by atoms with Gasteiger partial charge >= 0.3 is 0 Å². The number of nitrogens with one attached hydrogen (secondary N) is 2. The third kappa shape index (κ3) is 10.4. The molecule has 0 saturated heterocycles. The summed E-state index contributed by atoms with van der Waals surface area (Å²) in [6, 6.07) is 20.1. The monoisotopic (exact) mass is 598 g/mol. The average Bonchev–Trinajstić information content (AvgIpc) is 2.98. The van der Waals surface area contributed by atoms with E-state index in [1.165, 1.54) is 57.1 Å². The van der Waals surface area contributed by atoms with Crippen LogP contribution in [-0.4, -0.2) is 31.2 Å². The molecule has 3 aromatic carbocycles. The molecule has 0 fully saturated rings. The highest BCUT2D eigenvalue weighted by molar-refractivity contribution is 7.92. The largest absolute Gasteiger partial charge is 0.506 e. The summed E-state index contributed by atoms with van der Waals surface area (Å²) < 4.78 is 27.1. The van der Waals surface area contributed by atoms with Crippen LogP contribution in [0.2, 0.25) is 5.02 Å². The number of halogens is 1. The van der Waals surface area contributed by atoms with Crippen molar-refractivity contribution >= 4 is 38.7 Å². The van der Waals surface area contributed by atoms with Crippen molar-refractivity contribution < 1.29 is 18.3 Å². The lowest BCUT2D eigenvalue weighted by atomic mass is 10.1. The van der Waals surface area contributed by atoms with Crippen LogP contribution in [-0.2, 0) is 9.84 Å². The van der Waals surface area contributed by atoms with E-state index in [1.807, 2.05) is 6.07 Å². The van der Waals surface area contributed by atoms with Gasteiger partial charge in [0.25, 0.3) is 5.91 Å². The van der Waals surface area contributed by atoms with E-state index in [4.69, 9.17) is 11.6 Å². The van der Waals surface area contributed by atoms with Gasteiger partial charge in [-0.05, 0) is 36.8 Å². The zero-order valence-electron chi connectivity index (χ0n) is 23.9. The third-order valence-corrected chi connectivity index (χ3v) is 9.80. The lowest BCUT2D eigenvalue weighted by molar-refractivity contribution is 0.102. The van der Waals surface area contributed by atoms with Crippen molar-refractivity contribution in [2.45, 2.75) is 87.7 Å². The summed E-state index contributed by atoms with van der Waals surface area (Å²) in [4.78, 5) is 12.8. The molecule has 1 atom stereocenters. The van der Waals surface area contributed by atoms with Crippen molar-refractivity contribution in [1.82, 2.24) is 0 Å². The number of rotatable bonds is 18.